The Bertz CT molecular complexity index is 512. The summed E-state index contributed by atoms with van der Waals surface area (Å²) in [7, 11) is 4.51. The molecule has 7 nitrogen and oxygen atoms in total. The molecule has 1 aromatic carbocycles. The molecule has 8 heteroatoms. The van der Waals surface area contributed by atoms with Crippen LogP contribution >= 0.6 is 11.8 Å². The number of rotatable bonds is 8. The first kappa shape index (κ1) is 19.2. The predicted octanol–water partition coefficient (Wildman–Crippen LogP) is 1.95. The predicted molar refractivity (Wildman–Crippen MR) is 92.1 cm³/mol. The molecule has 0 heterocycles. The van der Waals surface area contributed by atoms with Crippen LogP contribution in [0.5, 0.6) is 17.2 Å². The third-order valence-electron chi connectivity index (χ3n) is 3.01. The molecule has 0 aromatic heterocycles. The third-order valence-corrected chi connectivity index (χ3v) is 3.92. The molecule has 0 aliphatic rings. The number of aliphatic hydroxyl groups is 1. The van der Waals surface area contributed by atoms with Gasteiger partial charge in [0.2, 0.25) is 5.75 Å². The quantitative estimate of drug-likeness (QED) is 0.668. The lowest BCUT2D eigenvalue weighted by Gasteiger charge is -2.22. The number of ether oxygens (including phenoxy) is 3. The van der Waals surface area contributed by atoms with Crippen molar-refractivity contribution in [1.82, 2.24) is 5.32 Å². The van der Waals surface area contributed by atoms with E-state index in [2.05, 4.69) is 10.6 Å². The molecule has 0 radical (unpaired) electrons. The van der Waals surface area contributed by atoms with Crippen LogP contribution in [0.2, 0.25) is 0 Å². The molecule has 2 amide bonds. The van der Waals surface area contributed by atoms with E-state index in [4.69, 9.17) is 14.2 Å². The van der Waals surface area contributed by atoms with Gasteiger partial charge in [0.1, 0.15) is 0 Å². The lowest BCUT2D eigenvalue weighted by Crippen LogP contribution is -2.43. The van der Waals surface area contributed by atoms with E-state index in [1.54, 1.807) is 19.1 Å². The Kier molecular flexibility index (Phi) is 7.31. The molecule has 0 saturated carbocycles. The summed E-state index contributed by atoms with van der Waals surface area (Å²) < 4.78 is 15.7. The van der Waals surface area contributed by atoms with Gasteiger partial charge in [0.05, 0.1) is 32.6 Å². The van der Waals surface area contributed by atoms with E-state index in [-0.39, 0.29) is 6.54 Å². The largest absolute Gasteiger partial charge is 0.493 e. The lowest BCUT2D eigenvalue weighted by atomic mass is 10.1. The van der Waals surface area contributed by atoms with Crippen molar-refractivity contribution in [1.29, 1.82) is 0 Å². The van der Waals surface area contributed by atoms with E-state index >= 15 is 0 Å². The fourth-order valence-corrected chi connectivity index (χ4v) is 2.69. The van der Waals surface area contributed by atoms with Crippen LogP contribution in [0.4, 0.5) is 10.5 Å². The maximum absolute atomic E-state index is 12.0. The minimum absolute atomic E-state index is 0.143. The van der Waals surface area contributed by atoms with E-state index in [0.29, 0.717) is 28.7 Å². The van der Waals surface area contributed by atoms with Crippen LogP contribution < -0.4 is 24.8 Å². The van der Waals surface area contributed by atoms with Gasteiger partial charge in [-0.2, -0.15) is 11.8 Å². The number of methoxy groups -OCH3 is 3. The minimum atomic E-state index is -0.966. The maximum atomic E-state index is 12.0. The number of carbonyl (C=O) groups excluding carboxylic acids is 1. The molecule has 23 heavy (non-hydrogen) atoms. The van der Waals surface area contributed by atoms with Crippen molar-refractivity contribution in [2.45, 2.75) is 12.5 Å². The standard InChI is InChI=1S/C15H24N2O5S/c1-15(19,9-23-5)8-16-14(18)17-10-6-11(20-2)13(22-4)12(7-10)21-3/h6-7,19H,8-9H2,1-5H3,(H2,16,17,18). The van der Waals surface area contributed by atoms with E-state index < -0.39 is 11.6 Å². The maximum Gasteiger partial charge on any atom is 0.319 e. The Morgan fingerprint density at radius 2 is 1.78 bits per heavy atom. The van der Waals surface area contributed by atoms with Crippen molar-refractivity contribution in [3.05, 3.63) is 12.1 Å². The van der Waals surface area contributed by atoms with Crippen LogP contribution in [0.25, 0.3) is 0 Å². The molecular weight excluding hydrogens is 320 g/mol. The number of urea groups is 1. The summed E-state index contributed by atoms with van der Waals surface area (Å²) in [4.78, 5) is 12.0. The van der Waals surface area contributed by atoms with Crippen LogP contribution in [0.1, 0.15) is 6.92 Å². The van der Waals surface area contributed by atoms with Gasteiger partial charge in [-0.1, -0.05) is 0 Å². The molecule has 1 aromatic rings. The summed E-state index contributed by atoms with van der Waals surface area (Å²) in [6.45, 7) is 1.81. The normalized spacial score (nSPS) is 13.0. The molecule has 1 rings (SSSR count). The first-order chi connectivity index (χ1) is 10.9. The minimum Gasteiger partial charge on any atom is -0.493 e. The van der Waals surface area contributed by atoms with E-state index in [0.717, 1.165) is 0 Å². The van der Waals surface area contributed by atoms with Crippen LogP contribution in [-0.4, -0.2) is 56.6 Å². The van der Waals surface area contributed by atoms with Gasteiger partial charge >= 0.3 is 6.03 Å². The summed E-state index contributed by atoms with van der Waals surface area (Å²) in [5.74, 6) is 1.86. The Labute approximate surface area is 140 Å². The molecule has 0 aliphatic heterocycles. The Balaban J connectivity index is 2.78. The number of amides is 2. The number of hydrogen-bond donors (Lipinski definition) is 3. The van der Waals surface area contributed by atoms with Gasteiger partial charge < -0.3 is 30.0 Å². The molecule has 0 saturated heterocycles. The highest BCUT2D eigenvalue weighted by molar-refractivity contribution is 7.98. The topological polar surface area (TPSA) is 89.1 Å². The Hall–Kier alpha value is -1.80. The van der Waals surface area contributed by atoms with E-state index in [1.807, 2.05) is 6.26 Å². The third kappa shape index (κ3) is 5.72. The second kappa shape index (κ2) is 8.73. The molecule has 0 spiro atoms. The summed E-state index contributed by atoms with van der Waals surface area (Å²) in [6.07, 6.45) is 1.89. The van der Waals surface area contributed by atoms with Crippen LogP contribution in [0, 0.1) is 0 Å². The Morgan fingerprint density at radius 1 is 1.22 bits per heavy atom. The summed E-state index contributed by atoms with van der Waals surface area (Å²) in [5.41, 5.74) is -0.479. The van der Waals surface area contributed by atoms with Crippen molar-refractivity contribution in [2.75, 3.05) is 45.2 Å². The highest BCUT2D eigenvalue weighted by Gasteiger charge is 2.21. The number of nitrogens with one attached hydrogen (secondary N) is 2. The zero-order chi connectivity index (χ0) is 17.5. The van der Waals surface area contributed by atoms with Gasteiger partial charge in [-0.3, -0.25) is 0 Å². The zero-order valence-corrected chi connectivity index (χ0v) is 14.9. The zero-order valence-electron chi connectivity index (χ0n) is 14.1. The fraction of sp³-hybridized carbons (Fsp3) is 0.533. The lowest BCUT2D eigenvalue weighted by molar-refractivity contribution is 0.0876. The van der Waals surface area contributed by atoms with Gasteiger partial charge in [0.15, 0.2) is 11.5 Å². The monoisotopic (exact) mass is 344 g/mol. The molecular formula is C15H24N2O5S. The van der Waals surface area contributed by atoms with Crippen molar-refractivity contribution in [3.8, 4) is 17.2 Å². The molecule has 130 valence electrons. The first-order valence-corrected chi connectivity index (χ1v) is 8.32. The van der Waals surface area contributed by atoms with Crippen molar-refractivity contribution < 1.29 is 24.1 Å². The van der Waals surface area contributed by atoms with Gasteiger partial charge in [-0.15, -0.1) is 0 Å². The number of thioether (sulfide) groups is 1. The average Bonchev–Trinajstić information content (AvgIpc) is 2.52. The highest BCUT2D eigenvalue weighted by Crippen LogP contribution is 2.39. The first-order valence-electron chi connectivity index (χ1n) is 6.93. The smallest absolute Gasteiger partial charge is 0.319 e. The van der Waals surface area contributed by atoms with Crippen molar-refractivity contribution in [3.63, 3.8) is 0 Å². The number of carbonyl (C=O) groups is 1. The molecule has 1 atom stereocenters. The molecule has 3 N–H and O–H groups in total. The fourth-order valence-electron chi connectivity index (χ4n) is 1.96. The van der Waals surface area contributed by atoms with Gasteiger partial charge in [0.25, 0.3) is 0 Å². The van der Waals surface area contributed by atoms with Gasteiger partial charge in [0, 0.05) is 24.4 Å². The molecule has 0 aliphatic carbocycles. The van der Waals surface area contributed by atoms with Gasteiger partial charge in [-0.05, 0) is 13.2 Å². The molecule has 0 bridgehead atoms. The Morgan fingerprint density at radius 3 is 2.22 bits per heavy atom. The second-order valence-corrected chi connectivity index (χ2v) is 6.02. The van der Waals surface area contributed by atoms with Crippen molar-refractivity contribution in [2.24, 2.45) is 0 Å². The average molecular weight is 344 g/mol. The molecule has 1 unspecified atom stereocenters. The van der Waals surface area contributed by atoms with E-state index in [1.165, 1.54) is 33.1 Å². The summed E-state index contributed by atoms with van der Waals surface area (Å²) in [6, 6.07) is 2.82. The summed E-state index contributed by atoms with van der Waals surface area (Å²) >= 11 is 1.51. The van der Waals surface area contributed by atoms with Crippen molar-refractivity contribution >= 4 is 23.5 Å². The van der Waals surface area contributed by atoms with Gasteiger partial charge in [-0.25, -0.2) is 4.79 Å². The highest BCUT2D eigenvalue weighted by atomic mass is 32.2. The second-order valence-electron chi connectivity index (χ2n) is 5.15. The number of hydrogen-bond acceptors (Lipinski definition) is 6. The SMILES string of the molecule is COc1cc(NC(=O)NCC(C)(O)CSC)cc(OC)c1OC. The summed E-state index contributed by atoms with van der Waals surface area (Å²) in [5, 5.41) is 15.3. The van der Waals surface area contributed by atoms with Crippen LogP contribution in [0.15, 0.2) is 12.1 Å². The van der Waals surface area contributed by atoms with Crippen LogP contribution in [-0.2, 0) is 0 Å². The number of anilines is 1. The number of benzene rings is 1. The van der Waals surface area contributed by atoms with E-state index in [9.17, 15) is 9.90 Å². The molecule has 0 fully saturated rings. The van der Waals surface area contributed by atoms with Crippen LogP contribution in [0.3, 0.4) is 0 Å².